The van der Waals surface area contributed by atoms with Gasteiger partial charge in [0.05, 0.1) is 5.75 Å². The largest absolute Gasteiger partial charge is 0.371 e. The molecule has 15 heavy (non-hydrogen) atoms. The topological polar surface area (TPSA) is 37.4 Å². The van der Waals surface area contributed by atoms with Crippen LogP contribution in [-0.2, 0) is 15.6 Å². The predicted molar refractivity (Wildman–Crippen MR) is 61.8 cm³/mol. The highest BCUT2D eigenvalue weighted by molar-refractivity contribution is 7.89. The van der Waals surface area contributed by atoms with E-state index in [0.29, 0.717) is 0 Å². The highest BCUT2D eigenvalue weighted by Crippen LogP contribution is 2.22. The Hall–Kier alpha value is -1.03. The lowest BCUT2D eigenvalue weighted by Gasteiger charge is -2.33. The van der Waals surface area contributed by atoms with E-state index < -0.39 is 9.84 Å². The summed E-state index contributed by atoms with van der Waals surface area (Å²) in [5.74, 6) is 0.134. The van der Waals surface area contributed by atoms with E-state index in [9.17, 15) is 8.42 Å². The Morgan fingerprint density at radius 1 is 1.33 bits per heavy atom. The van der Waals surface area contributed by atoms with Crippen LogP contribution in [0.25, 0.3) is 0 Å². The van der Waals surface area contributed by atoms with E-state index in [0.717, 1.165) is 24.3 Å². The van der Waals surface area contributed by atoms with Crippen LogP contribution in [0, 0.1) is 0 Å². The number of nitrogens with zero attached hydrogens (tertiary/aromatic N) is 1. The number of hydrogen-bond acceptors (Lipinski definition) is 3. The first-order valence-corrected chi connectivity index (χ1v) is 7.12. The average molecular weight is 225 g/mol. The third-order valence-corrected chi connectivity index (χ3v) is 3.42. The molecule has 0 N–H and O–H groups in total. The summed E-state index contributed by atoms with van der Waals surface area (Å²) in [5.41, 5.74) is 2.02. The molecular weight excluding hydrogens is 210 g/mol. The Balaban J connectivity index is 2.18. The molecule has 1 heterocycles. The number of hydrogen-bond donors (Lipinski definition) is 0. The first-order valence-electron chi connectivity index (χ1n) is 5.06. The van der Waals surface area contributed by atoms with Crippen LogP contribution in [-0.4, -0.2) is 27.8 Å². The van der Waals surface area contributed by atoms with Crippen molar-refractivity contribution in [3.8, 4) is 0 Å². The molecule has 0 aromatic heterocycles. The van der Waals surface area contributed by atoms with Gasteiger partial charge in [-0.05, 0) is 24.1 Å². The van der Waals surface area contributed by atoms with Crippen LogP contribution in [0.5, 0.6) is 0 Å². The summed E-state index contributed by atoms with van der Waals surface area (Å²) in [6.45, 7) is 2.17. The first-order chi connectivity index (χ1) is 7.04. The molecular formula is C11H15NO2S. The molecule has 1 aromatic carbocycles. The smallest absolute Gasteiger partial charge is 0.151 e. The van der Waals surface area contributed by atoms with Crippen molar-refractivity contribution in [3.63, 3.8) is 0 Å². The van der Waals surface area contributed by atoms with E-state index in [1.807, 2.05) is 24.3 Å². The summed E-state index contributed by atoms with van der Waals surface area (Å²) in [5, 5.41) is 0. The summed E-state index contributed by atoms with van der Waals surface area (Å²) < 4.78 is 22.3. The minimum absolute atomic E-state index is 0.134. The third-order valence-electron chi connectivity index (χ3n) is 2.56. The second-order valence-electron chi connectivity index (χ2n) is 4.08. The fourth-order valence-electron chi connectivity index (χ4n) is 1.72. The highest BCUT2D eigenvalue weighted by atomic mass is 32.2. The van der Waals surface area contributed by atoms with E-state index in [1.165, 1.54) is 12.7 Å². The van der Waals surface area contributed by atoms with E-state index in [4.69, 9.17) is 0 Å². The van der Waals surface area contributed by atoms with Gasteiger partial charge in [-0.3, -0.25) is 0 Å². The SMILES string of the molecule is CS(=O)(=O)Cc1cccc(N2CCC2)c1. The number of sulfone groups is 1. The third kappa shape index (κ3) is 2.72. The quantitative estimate of drug-likeness (QED) is 0.781. The van der Waals surface area contributed by atoms with Crippen LogP contribution in [0.15, 0.2) is 24.3 Å². The van der Waals surface area contributed by atoms with Gasteiger partial charge in [0.1, 0.15) is 0 Å². The number of rotatable bonds is 3. The molecule has 1 fully saturated rings. The molecule has 0 spiro atoms. The molecule has 0 atom stereocenters. The van der Waals surface area contributed by atoms with Gasteiger partial charge < -0.3 is 4.90 Å². The monoisotopic (exact) mass is 225 g/mol. The molecule has 2 rings (SSSR count). The fraction of sp³-hybridized carbons (Fsp3) is 0.455. The summed E-state index contributed by atoms with van der Waals surface area (Å²) in [6.07, 6.45) is 2.50. The first kappa shape index (κ1) is 10.5. The standard InChI is InChI=1S/C11H15NO2S/c1-15(13,14)9-10-4-2-5-11(8-10)12-6-3-7-12/h2,4-5,8H,3,6-7,9H2,1H3. The Kier molecular flexibility index (Phi) is 2.69. The van der Waals surface area contributed by atoms with Crippen molar-refractivity contribution in [1.82, 2.24) is 0 Å². The van der Waals surface area contributed by atoms with Crippen molar-refractivity contribution in [3.05, 3.63) is 29.8 Å². The van der Waals surface area contributed by atoms with Crippen LogP contribution in [0.3, 0.4) is 0 Å². The van der Waals surface area contributed by atoms with Crippen LogP contribution < -0.4 is 4.90 Å². The van der Waals surface area contributed by atoms with Gasteiger partial charge in [0, 0.05) is 25.0 Å². The number of benzene rings is 1. The van der Waals surface area contributed by atoms with Crippen molar-refractivity contribution >= 4 is 15.5 Å². The zero-order chi connectivity index (χ0) is 10.9. The summed E-state index contributed by atoms with van der Waals surface area (Å²) in [4.78, 5) is 2.26. The van der Waals surface area contributed by atoms with E-state index in [1.54, 1.807) is 0 Å². The molecule has 0 saturated carbocycles. The van der Waals surface area contributed by atoms with Crippen LogP contribution >= 0.6 is 0 Å². The molecule has 4 heteroatoms. The van der Waals surface area contributed by atoms with Crippen molar-refractivity contribution in [2.45, 2.75) is 12.2 Å². The van der Waals surface area contributed by atoms with Crippen molar-refractivity contribution in [2.75, 3.05) is 24.2 Å². The van der Waals surface area contributed by atoms with E-state index >= 15 is 0 Å². The van der Waals surface area contributed by atoms with Crippen LogP contribution in [0.1, 0.15) is 12.0 Å². The molecule has 1 aliphatic heterocycles. The maximum atomic E-state index is 11.2. The summed E-state index contributed by atoms with van der Waals surface area (Å²) in [6, 6.07) is 7.80. The molecule has 82 valence electrons. The molecule has 0 bridgehead atoms. The predicted octanol–water partition coefficient (Wildman–Crippen LogP) is 1.44. The summed E-state index contributed by atoms with van der Waals surface area (Å²) >= 11 is 0. The minimum Gasteiger partial charge on any atom is -0.371 e. The molecule has 0 amide bonds. The molecule has 0 unspecified atom stereocenters. The van der Waals surface area contributed by atoms with E-state index in [-0.39, 0.29) is 5.75 Å². The Labute approximate surface area is 90.6 Å². The molecule has 1 aromatic rings. The fourth-order valence-corrected chi connectivity index (χ4v) is 2.51. The Morgan fingerprint density at radius 3 is 2.60 bits per heavy atom. The van der Waals surface area contributed by atoms with Gasteiger partial charge in [-0.15, -0.1) is 0 Å². The van der Waals surface area contributed by atoms with Crippen molar-refractivity contribution in [1.29, 1.82) is 0 Å². The van der Waals surface area contributed by atoms with Gasteiger partial charge in [-0.2, -0.15) is 0 Å². The maximum Gasteiger partial charge on any atom is 0.151 e. The van der Waals surface area contributed by atoms with Crippen molar-refractivity contribution in [2.24, 2.45) is 0 Å². The van der Waals surface area contributed by atoms with Crippen LogP contribution in [0.2, 0.25) is 0 Å². The highest BCUT2D eigenvalue weighted by Gasteiger charge is 2.14. The van der Waals surface area contributed by atoms with Gasteiger partial charge >= 0.3 is 0 Å². The van der Waals surface area contributed by atoms with Gasteiger partial charge in [-0.25, -0.2) is 8.42 Å². The summed E-state index contributed by atoms with van der Waals surface area (Å²) in [7, 11) is -2.93. The zero-order valence-corrected chi connectivity index (χ0v) is 9.63. The Morgan fingerprint density at radius 2 is 2.07 bits per heavy atom. The lowest BCUT2D eigenvalue weighted by Crippen LogP contribution is -2.36. The van der Waals surface area contributed by atoms with Crippen molar-refractivity contribution < 1.29 is 8.42 Å². The Bertz CT molecular complexity index is 449. The van der Waals surface area contributed by atoms with Gasteiger partial charge in [0.2, 0.25) is 0 Å². The van der Waals surface area contributed by atoms with Gasteiger partial charge in [0.25, 0.3) is 0 Å². The second-order valence-corrected chi connectivity index (χ2v) is 6.22. The lowest BCUT2D eigenvalue weighted by molar-refractivity contribution is 0.601. The minimum atomic E-state index is -2.93. The molecule has 0 aliphatic carbocycles. The van der Waals surface area contributed by atoms with Gasteiger partial charge in [0.15, 0.2) is 9.84 Å². The maximum absolute atomic E-state index is 11.2. The molecule has 3 nitrogen and oxygen atoms in total. The molecule has 1 saturated heterocycles. The van der Waals surface area contributed by atoms with Gasteiger partial charge in [-0.1, -0.05) is 12.1 Å². The lowest BCUT2D eigenvalue weighted by atomic mass is 10.1. The molecule has 1 aliphatic rings. The molecule has 0 radical (unpaired) electrons. The zero-order valence-electron chi connectivity index (χ0n) is 8.81. The second kappa shape index (κ2) is 3.85. The average Bonchev–Trinajstić information content (AvgIpc) is 1.97. The van der Waals surface area contributed by atoms with E-state index in [2.05, 4.69) is 4.90 Å². The number of anilines is 1. The normalized spacial score (nSPS) is 16.2. The van der Waals surface area contributed by atoms with Crippen LogP contribution in [0.4, 0.5) is 5.69 Å².